The SMILES string of the molecule is c1ccc(-c2cccc(N(c3ccc(-c4ccc5c(c4)-c4ccccc4C54c5ccccc5-c5ccccc54)cc3)c3ccc4c5ccccc5n(-c5ccccc5)c4c3)c2)cc1. The predicted molar refractivity (Wildman–Crippen MR) is 263 cm³/mol. The summed E-state index contributed by atoms with van der Waals surface area (Å²) in [5.74, 6) is 0. The van der Waals surface area contributed by atoms with Crippen molar-refractivity contribution in [3.8, 4) is 50.2 Å². The lowest BCUT2D eigenvalue weighted by Gasteiger charge is -2.30. The summed E-state index contributed by atoms with van der Waals surface area (Å²) in [6.07, 6.45) is 0. The first-order valence-corrected chi connectivity index (χ1v) is 21.8. The zero-order valence-electron chi connectivity index (χ0n) is 34.5. The average molecular weight is 801 g/mol. The number of fused-ring (bicyclic) bond motifs is 13. The van der Waals surface area contributed by atoms with Crippen LogP contribution in [0.4, 0.5) is 17.1 Å². The molecule has 0 aliphatic heterocycles. The zero-order chi connectivity index (χ0) is 41.5. The maximum Gasteiger partial charge on any atom is 0.0725 e. The maximum absolute atomic E-state index is 2.43. The first kappa shape index (κ1) is 35.5. The number of aromatic nitrogens is 1. The van der Waals surface area contributed by atoms with E-state index in [2.05, 4.69) is 252 Å². The largest absolute Gasteiger partial charge is 0.310 e. The number of hydrogen-bond donors (Lipinski definition) is 0. The Labute approximate surface area is 367 Å². The molecule has 0 atom stereocenters. The molecule has 1 heterocycles. The molecule has 294 valence electrons. The Balaban J connectivity index is 0.956. The highest BCUT2D eigenvalue weighted by atomic mass is 15.1. The van der Waals surface area contributed by atoms with Crippen LogP contribution in [0.5, 0.6) is 0 Å². The molecule has 0 N–H and O–H groups in total. The third-order valence-corrected chi connectivity index (χ3v) is 13.6. The summed E-state index contributed by atoms with van der Waals surface area (Å²) in [5.41, 5.74) is 21.9. The smallest absolute Gasteiger partial charge is 0.0725 e. The van der Waals surface area contributed by atoms with Crippen LogP contribution in [0.15, 0.2) is 243 Å². The highest BCUT2D eigenvalue weighted by Gasteiger charge is 2.51. The lowest BCUT2D eigenvalue weighted by atomic mass is 9.70. The van der Waals surface area contributed by atoms with Gasteiger partial charge in [-0.2, -0.15) is 0 Å². The molecule has 2 heteroatoms. The topological polar surface area (TPSA) is 8.17 Å². The molecule has 2 aliphatic rings. The van der Waals surface area contributed by atoms with Gasteiger partial charge in [0.2, 0.25) is 0 Å². The van der Waals surface area contributed by atoms with Crippen molar-refractivity contribution in [1.29, 1.82) is 0 Å². The second-order valence-corrected chi connectivity index (χ2v) is 16.8. The highest BCUT2D eigenvalue weighted by Crippen LogP contribution is 2.63. The summed E-state index contributed by atoms with van der Waals surface area (Å²) in [7, 11) is 0. The molecular weight excluding hydrogens is 761 g/mol. The molecule has 0 amide bonds. The molecule has 0 bridgehead atoms. The van der Waals surface area contributed by atoms with Crippen LogP contribution in [0.25, 0.3) is 72.0 Å². The normalized spacial score (nSPS) is 12.9. The van der Waals surface area contributed by atoms with E-state index in [-0.39, 0.29) is 5.41 Å². The molecule has 2 aliphatic carbocycles. The first-order chi connectivity index (χ1) is 31.3. The molecule has 0 unspecified atom stereocenters. The van der Waals surface area contributed by atoms with Crippen LogP contribution < -0.4 is 4.90 Å². The van der Waals surface area contributed by atoms with E-state index in [1.54, 1.807) is 0 Å². The summed E-state index contributed by atoms with van der Waals surface area (Å²) in [6.45, 7) is 0. The van der Waals surface area contributed by atoms with Crippen molar-refractivity contribution in [2.45, 2.75) is 5.41 Å². The van der Waals surface area contributed by atoms with E-state index in [0.717, 1.165) is 22.7 Å². The monoisotopic (exact) mass is 800 g/mol. The van der Waals surface area contributed by atoms with Gasteiger partial charge in [0.1, 0.15) is 0 Å². The predicted octanol–water partition coefficient (Wildman–Crippen LogP) is 15.9. The van der Waals surface area contributed by atoms with Crippen LogP contribution in [0.3, 0.4) is 0 Å². The fraction of sp³-hybridized carbons (Fsp3) is 0.0164. The van der Waals surface area contributed by atoms with E-state index in [0.29, 0.717) is 0 Å². The van der Waals surface area contributed by atoms with Gasteiger partial charge in [0.05, 0.1) is 16.4 Å². The number of rotatable bonds is 6. The number of para-hydroxylation sites is 2. The van der Waals surface area contributed by atoms with E-state index in [1.165, 1.54) is 88.6 Å². The van der Waals surface area contributed by atoms with E-state index in [1.807, 2.05) is 0 Å². The second-order valence-electron chi connectivity index (χ2n) is 16.8. The first-order valence-electron chi connectivity index (χ1n) is 21.8. The van der Waals surface area contributed by atoms with Gasteiger partial charge in [-0.1, -0.05) is 182 Å². The van der Waals surface area contributed by atoms with Gasteiger partial charge in [0.25, 0.3) is 0 Å². The molecule has 1 spiro atoms. The Morgan fingerprint density at radius 3 is 1.49 bits per heavy atom. The molecular formula is C61H40N2. The summed E-state index contributed by atoms with van der Waals surface area (Å²) in [6, 6.07) is 89.4. The van der Waals surface area contributed by atoms with Gasteiger partial charge in [-0.15, -0.1) is 0 Å². The zero-order valence-corrected chi connectivity index (χ0v) is 34.5. The third kappa shape index (κ3) is 5.25. The highest BCUT2D eigenvalue weighted by molar-refractivity contribution is 6.10. The molecule has 1 aromatic heterocycles. The lowest BCUT2D eigenvalue weighted by Crippen LogP contribution is -2.25. The Morgan fingerprint density at radius 1 is 0.286 bits per heavy atom. The van der Waals surface area contributed by atoms with Gasteiger partial charge in [-0.25, -0.2) is 0 Å². The molecule has 11 aromatic rings. The van der Waals surface area contributed by atoms with Gasteiger partial charge in [0.15, 0.2) is 0 Å². The molecule has 0 saturated heterocycles. The van der Waals surface area contributed by atoms with Crippen molar-refractivity contribution in [3.05, 3.63) is 265 Å². The van der Waals surface area contributed by atoms with Crippen LogP contribution >= 0.6 is 0 Å². The molecule has 0 fully saturated rings. The van der Waals surface area contributed by atoms with Crippen molar-refractivity contribution < 1.29 is 0 Å². The van der Waals surface area contributed by atoms with E-state index in [9.17, 15) is 0 Å². The minimum absolute atomic E-state index is 0.344. The van der Waals surface area contributed by atoms with Crippen molar-refractivity contribution in [2.24, 2.45) is 0 Å². The van der Waals surface area contributed by atoms with Gasteiger partial charge in [0, 0.05) is 33.5 Å². The maximum atomic E-state index is 2.43. The molecule has 63 heavy (non-hydrogen) atoms. The van der Waals surface area contributed by atoms with Gasteiger partial charge >= 0.3 is 0 Å². The lowest BCUT2D eigenvalue weighted by molar-refractivity contribution is 0.794. The minimum Gasteiger partial charge on any atom is -0.310 e. The average Bonchev–Trinajstić information content (AvgIpc) is 3.96. The summed E-state index contributed by atoms with van der Waals surface area (Å²) < 4.78 is 2.40. The molecule has 13 rings (SSSR count). The van der Waals surface area contributed by atoms with Gasteiger partial charge < -0.3 is 9.47 Å². The Morgan fingerprint density at radius 2 is 0.778 bits per heavy atom. The Kier molecular flexibility index (Phi) is 7.85. The van der Waals surface area contributed by atoms with Crippen molar-refractivity contribution in [1.82, 2.24) is 4.57 Å². The van der Waals surface area contributed by atoms with Crippen molar-refractivity contribution in [3.63, 3.8) is 0 Å². The van der Waals surface area contributed by atoms with Crippen LogP contribution in [0.1, 0.15) is 22.3 Å². The van der Waals surface area contributed by atoms with E-state index in [4.69, 9.17) is 0 Å². The molecule has 0 radical (unpaired) electrons. The third-order valence-electron chi connectivity index (χ3n) is 13.6. The van der Waals surface area contributed by atoms with E-state index >= 15 is 0 Å². The minimum atomic E-state index is -0.344. The quantitative estimate of drug-likeness (QED) is 0.163. The summed E-state index contributed by atoms with van der Waals surface area (Å²) in [4.78, 5) is 2.40. The standard InChI is InChI=1S/C61H40N2/c1-3-16-41(17-4-1)43-18-15-21-47(38-43)62(48-35-36-53-52-25-10-14-29-59(52)63(60(53)40-48)45-19-5-2-6-20-45)46-33-30-42(31-34-46)44-32-37-58-54(39-44)51-24-9-13-28-57(51)61(58)55-26-11-7-22-49(55)50-23-8-12-27-56(50)61/h1-40H. The Bertz CT molecular complexity index is 3520. The fourth-order valence-electron chi connectivity index (χ4n) is 10.9. The van der Waals surface area contributed by atoms with Crippen LogP contribution in [-0.2, 0) is 5.41 Å². The van der Waals surface area contributed by atoms with Crippen LogP contribution in [0, 0.1) is 0 Å². The molecule has 0 saturated carbocycles. The number of anilines is 3. The number of benzene rings is 10. The second kappa shape index (κ2) is 13.9. The van der Waals surface area contributed by atoms with E-state index < -0.39 is 0 Å². The summed E-state index contributed by atoms with van der Waals surface area (Å²) in [5, 5.41) is 2.48. The number of nitrogens with zero attached hydrogens (tertiary/aromatic N) is 2. The van der Waals surface area contributed by atoms with Crippen LogP contribution in [-0.4, -0.2) is 4.57 Å². The fourth-order valence-corrected chi connectivity index (χ4v) is 10.9. The number of hydrogen-bond acceptors (Lipinski definition) is 1. The summed E-state index contributed by atoms with van der Waals surface area (Å²) >= 11 is 0. The Hall–Kier alpha value is -8.20. The van der Waals surface area contributed by atoms with Crippen LogP contribution in [0.2, 0.25) is 0 Å². The van der Waals surface area contributed by atoms with Crippen molar-refractivity contribution in [2.75, 3.05) is 4.90 Å². The van der Waals surface area contributed by atoms with Gasteiger partial charge in [-0.05, 0) is 127 Å². The molecule has 2 nitrogen and oxygen atoms in total. The van der Waals surface area contributed by atoms with Crippen molar-refractivity contribution >= 4 is 38.9 Å². The molecule has 10 aromatic carbocycles. The van der Waals surface area contributed by atoms with Gasteiger partial charge in [-0.3, -0.25) is 0 Å².